The second kappa shape index (κ2) is 5.90. The SMILES string of the molecule is CN1CCN(c2cc(Br)ccc2CNC2CC2)CC1(C)C. The lowest BCUT2D eigenvalue weighted by atomic mass is 9.98. The summed E-state index contributed by atoms with van der Waals surface area (Å²) in [5.41, 5.74) is 3.03. The number of nitrogens with zero attached hydrogens (tertiary/aromatic N) is 2. The van der Waals surface area contributed by atoms with Crippen molar-refractivity contribution in [2.24, 2.45) is 0 Å². The summed E-state index contributed by atoms with van der Waals surface area (Å²) >= 11 is 3.64. The first-order valence-electron chi connectivity index (χ1n) is 7.94. The summed E-state index contributed by atoms with van der Waals surface area (Å²) < 4.78 is 1.17. The van der Waals surface area contributed by atoms with Gasteiger partial charge in [0, 0.05) is 47.9 Å². The molecule has 1 saturated carbocycles. The van der Waals surface area contributed by atoms with Crippen LogP contribution in [0.2, 0.25) is 0 Å². The maximum Gasteiger partial charge on any atom is 0.0424 e. The van der Waals surface area contributed by atoms with Crippen LogP contribution in [0.1, 0.15) is 32.3 Å². The summed E-state index contributed by atoms with van der Waals surface area (Å²) in [5.74, 6) is 0. The van der Waals surface area contributed by atoms with E-state index >= 15 is 0 Å². The van der Waals surface area contributed by atoms with Crippen molar-refractivity contribution in [1.82, 2.24) is 10.2 Å². The van der Waals surface area contributed by atoms with E-state index in [1.807, 2.05) is 0 Å². The first-order valence-corrected chi connectivity index (χ1v) is 8.73. The molecule has 116 valence electrons. The van der Waals surface area contributed by atoms with E-state index in [1.165, 1.54) is 28.6 Å². The van der Waals surface area contributed by atoms with Gasteiger partial charge in [-0.25, -0.2) is 0 Å². The van der Waals surface area contributed by atoms with E-state index in [9.17, 15) is 0 Å². The molecule has 0 radical (unpaired) electrons. The molecule has 1 saturated heterocycles. The second-order valence-electron chi connectivity index (χ2n) is 7.08. The fraction of sp³-hybridized carbons (Fsp3) is 0.647. The Hall–Kier alpha value is -0.580. The van der Waals surface area contributed by atoms with Crippen LogP contribution in [0.3, 0.4) is 0 Å². The van der Waals surface area contributed by atoms with Crippen LogP contribution in [0.5, 0.6) is 0 Å². The lowest BCUT2D eigenvalue weighted by molar-refractivity contribution is 0.139. The Balaban J connectivity index is 1.80. The normalized spacial score (nSPS) is 22.6. The second-order valence-corrected chi connectivity index (χ2v) is 8.00. The number of nitrogens with one attached hydrogen (secondary N) is 1. The highest BCUT2D eigenvalue weighted by Gasteiger charge is 2.32. The number of benzene rings is 1. The third kappa shape index (κ3) is 3.61. The predicted octanol–water partition coefficient (Wildman–Crippen LogP) is 3.23. The van der Waals surface area contributed by atoms with E-state index in [1.54, 1.807) is 0 Å². The van der Waals surface area contributed by atoms with Crippen molar-refractivity contribution in [2.45, 2.75) is 44.8 Å². The molecule has 3 rings (SSSR count). The zero-order chi connectivity index (χ0) is 15.0. The molecule has 2 fully saturated rings. The molecule has 0 aromatic heterocycles. The van der Waals surface area contributed by atoms with Crippen LogP contribution in [0.25, 0.3) is 0 Å². The summed E-state index contributed by atoms with van der Waals surface area (Å²) in [4.78, 5) is 5.01. The van der Waals surface area contributed by atoms with Crippen LogP contribution >= 0.6 is 15.9 Å². The molecule has 1 N–H and O–H groups in total. The summed E-state index contributed by atoms with van der Waals surface area (Å²) in [7, 11) is 2.23. The van der Waals surface area contributed by atoms with Crippen molar-refractivity contribution in [3.05, 3.63) is 28.2 Å². The van der Waals surface area contributed by atoms with Gasteiger partial charge in [-0.05, 0) is 51.4 Å². The smallest absolute Gasteiger partial charge is 0.0424 e. The average molecular weight is 352 g/mol. The maximum atomic E-state index is 3.65. The highest BCUT2D eigenvalue weighted by Crippen LogP contribution is 2.30. The number of piperazine rings is 1. The van der Waals surface area contributed by atoms with E-state index in [4.69, 9.17) is 0 Å². The molecule has 1 aromatic carbocycles. The Bertz CT molecular complexity index is 511. The first kappa shape index (κ1) is 15.3. The lowest BCUT2D eigenvalue weighted by Crippen LogP contribution is -2.57. The van der Waals surface area contributed by atoms with Crippen molar-refractivity contribution in [3.8, 4) is 0 Å². The monoisotopic (exact) mass is 351 g/mol. The van der Waals surface area contributed by atoms with Crippen LogP contribution < -0.4 is 10.2 Å². The van der Waals surface area contributed by atoms with Crippen molar-refractivity contribution < 1.29 is 0 Å². The number of hydrogen-bond acceptors (Lipinski definition) is 3. The number of hydrogen-bond donors (Lipinski definition) is 1. The number of likely N-dealkylation sites (N-methyl/N-ethyl adjacent to an activating group) is 1. The summed E-state index contributed by atoms with van der Waals surface area (Å²) in [6.07, 6.45) is 2.68. The summed E-state index contributed by atoms with van der Waals surface area (Å²) in [6.45, 7) is 8.96. The zero-order valence-electron chi connectivity index (χ0n) is 13.3. The molecule has 21 heavy (non-hydrogen) atoms. The highest BCUT2D eigenvalue weighted by atomic mass is 79.9. The largest absolute Gasteiger partial charge is 0.368 e. The Morgan fingerprint density at radius 2 is 2.05 bits per heavy atom. The summed E-state index contributed by atoms with van der Waals surface area (Å²) in [6, 6.07) is 7.46. The molecule has 0 spiro atoms. The molecule has 1 aliphatic carbocycles. The van der Waals surface area contributed by atoms with Crippen molar-refractivity contribution in [1.29, 1.82) is 0 Å². The molecular weight excluding hydrogens is 326 g/mol. The molecule has 1 aliphatic heterocycles. The van der Waals surface area contributed by atoms with Crippen LogP contribution in [-0.2, 0) is 6.54 Å². The molecular formula is C17H26BrN3. The third-order valence-corrected chi connectivity index (χ3v) is 5.36. The van der Waals surface area contributed by atoms with E-state index in [0.29, 0.717) is 0 Å². The van der Waals surface area contributed by atoms with Gasteiger partial charge in [0.25, 0.3) is 0 Å². The molecule has 4 heteroatoms. The minimum atomic E-state index is 0.224. The van der Waals surface area contributed by atoms with Gasteiger partial charge in [-0.3, -0.25) is 4.90 Å². The minimum Gasteiger partial charge on any atom is -0.368 e. The molecule has 1 aromatic rings. The van der Waals surface area contributed by atoms with E-state index in [0.717, 1.165) is 32.2 Å². The standard InChI is InChI=1S/C17H26BrN3/c1-17(2)12-21(9-8-20(17)3)16-10-14(18)5-4-13(16)11-19-15-6-7-15/h4-5,10,15,19H,6-9,11-12H2,1-3H3. The van der Waals surface area contributed by atoms with Gasteiger partial charge in [-0.2, -0.15) is 0 Å². The van der Waals surface area contributed by atoms with Gasteiger partial charge in [-0.1, -0.05) is 22.0 Å². The van der Waals surface area contributed by atoms with Crippen LogP contribution in [-0.4, -0.2) is 43.2 Å². The van der Waals surface area contributed by atoms with E-state index in [-0.39, 0.29) is 5.54 Å². The van der Waals surface area contributed by atoms with Gasteiger partial charge < -0.3 is 10.2 Å². The molecule has 1 heterocycles. The van der Waals surface area contributed by atoms with Gasteiger partial charge in [0.1, 0.15) is 0 Å². The van der Waals surface area contributed by atoms with E-state index < -0.39 is 0 Å². The van der Waals surface area contributed by atoms with Crippen molar-refractivity contribution in [2.75, 3.05) is 31.6 Å². The van der Waals surface area contributed by atoms with Gasteiger partial charge >= 0.3 is 0 Å². The van der Waals surface area contributed by atoms with Gasteiger partial charge in [-0.15, -0.1) is 0 Å². The Kier molecular flexibility index (Phi) is 4.30. The molecule has 0 amide bonds. The molecule has 0 atom stereocenters. The molecule has 0 unspecified atom stereocenters. The van der Waals surface area contributed by atoms with Gasteiger partial charge in [0.05, 0.1) is 0 Å². The fourth-order valence-corrected chi connectivity index (χ4v) is 3.32. The lowest BCUT2D eigenvalue weighted by Gasteiger charge is -2.46. The fourth-order valence-electron chi connectivity index (χ4n) is 2.97. The van der Waals surface area contributed by atoms with Crippen LogP contribution in [0.15, 0.2) is 22.7 Å². The first-order chi connectivity index (χ1) is 9.95. The van der Waals surface area contributed by atoms with Gasteiger partial charge in [0.15, 0.2) is 0 Å². The van der Waals surface area contributed by atoms with Crippen molar-refractivity contribution >= 4 is 21.6 Å². The molecule has 0 bridgehead atoms. The number of halogens is 1. The minimum absolute atomic E-state index is 0.224. The Morgan fingerprint density at radius 3 is 2.71 bits per heavy atom. The van der Waals surface area contributed by atoms with Crippen LogP contribution in [0.4, 0.5) is 5.69 Å². The third-order valence-electron chi connectivity index (χ3n) is 4.86. The summed E-state index contributed by atoms with van der Waals surface area (Å²) in [5, 5.41) is 3.65. The number of rotatable bonds is 4. The highest BCUT2D eigenvalue weighted by molar-refractivity contribution is 9.10. The number of anilines is 1. The van der Waals surface area contributed by atoms with Crippen molar-refractivity contribution in [3.63, 3.8) is 0 Å². The van der Waals surface area contributed by atoms with Crippen LogP contribution in [0, 0.1) is 0 Å². The maximum absolute atomic E-state index is 3.65. The molecule has 3 nitrogen and oxygen atoms in total. The van der Waals surface area contributed by atoms with E-state index in [2.05, 4.69) is 70.1 Å². The Labute approximate surface area is 136 Å². The zero-order valence-corrected chi connectivity index (χ0v) is 14.9. The Morgan fingerprint density at radius 1 is 1.29 bits per heavy atom. The predicted molar refractivity (Wildman–Crippen MR) is 92.9 cm³/mol. The average Bonchev–Trinajstić information content (AvgIpc) is 3.24. The van der Waals surface area contributed by atoms with Gasteiger partial charge in [0.2, 0.25) is 0 Å². The topological polar surface area (TPSA) is 18.5 Å². The molecule has 2 aliphatic rings. The quantitative estimate of drug-likeness (QED) is 0.898.